The molecule has 1 unspecified atom stereocenters. The van der Waals surface area contributed by atoms with Gasteiger partial charge in [0.1, 0.15) is 0 Å². The van der Waals surface area contributed by atoms with Gasteiger partial charge in [0.15, 0.2) is 0 Å². The van der Waals surface area contributed by atoms with Gasteiger partial charge in [0, 0.05) is 5.69 Å². The van der Waals surface area contributed by atoms with Crippen LogP contribution in [0.3, 0.4) is 0 Å². The van der Waals surface area contributed by atoms with Gasteiger partial charge in [-0.1, -0.05) is 72.8 Å². The summed E-state index contributed by atoms with van der Waals surface area (Å²) >= 11 is 0. The van der Waals surface area contributed by atoms with Gasteiger partial charge in [-0.3, -0.25) is 0 Å². The first-order chi connectivity index (χ1) is 12.8. The minimum absolute atomic E-state index is 0.0502. The molecule has 0 saturated carbocycles. The van der Waals surface area contributed by atoms with Crippen LogP contribution in [-0.4, -0.2) is 12.6 Å². The van der Waals surface area contributed by atoms with Crippen LogP contribution in [0.15, 0.2) is 84.9 Å². The highest BCUT2D eigenvalue weighted by atomic mass is 16.5. The van der Waals surface area contributed by atoms with E-state index in [9.17, 15) is 4.79 Å². The molecule has 0 saturated heterocycles. The average Bonchev–Trinajstić information content (AvgIpc) is 2.69. The molecule has 3 aromatic rings. The van der Waals surface area contributed by atoms with Crippen LogP contribution < -0.4 is 5.32 Å². The molecular formula is C23H23NO2. The lowest BCUT2D eigenvalue weighted by atomic mass is 9.98. The summed E-state index contributed by atoms with van der Waals surface area (Å²) < 4.78 is 5.20. The largest absolute Gasteiger partial charge is 0.462 e. The molecule has 0 fully saturated rings. The quantitative estimate of drug-likeness (QED) is 0.594. The monoisotopic (exact) mass is 345 g/mol. The molecule has 26 heavy (non-hydrogen) atoms. The highest BCUT2D eigenvalue weighted by Gasteiger charge is 2.17. The Morgan fingerprint density at radius 1 is 0.885 bits per heavy atom. The number of hydrogen-bond donors (Lipinski definition) is 1. The Balaban J connectivity index is 1.90. The van der Waals surface area contributed by atoms with E-state index in [-0.39, 0.29) is 12.0 Å². The number of ether oxygens (including phenoxy) is 1. The van der Waals surface area contributed by atoms with Gasteiger partial charge in [-0.25, -0.2) is 4.79 Å². The predicted octanol–water partition coefficient (Wildman–Crippen LogP) is 5.26. The molecule has 3 heteroatoms. The molecular weight excluding hydrogens is 322 g/mol. The van der Waals surface area contributed by atoms with Crippen LogP contribution in [0, 0.1) is 0 Å². The van der Waals surface area contributed by atoms with E-state index < -0.39 is 0 Å². The number of nitrogens with one attached hydrogen (secondary N) is 1. The molecule has 3 nitrogen and oxygen atoms in total. The van der Waals surface area contributed by atoms with Crippen molar-refractivity contribution >= 4 is 11.7 Å². The highest BCUT2D eigenvalue weighted by Crippen LogP contribution is 2.26. The maximum atomic E-state index is 12.3. The molecule has 0 aliphatic heterocycles. The molecule has 0 radical (unpaired) electrons. The number of para-hydroxylation sites is 1. The number of carbonyl (C=O) groups is 1. The van der Waals surface area contributed by atoms with Crippen LogP contribution >= 0.6 is 0 Å². The summed E-state index contributed by atoms with van der Waals surface area (Å²) in [5.74, 6) is -0.304. The lowest BCUT2D eigenvalue weighted by Gasteiger charge is -2.22. The molecule has 0 aliphatic rings. The topological polar surface area (TPSA) is 38.3 Å². The Kier molecular flexibility index (Phi) is 6.05. The minimum atomic E-state index is -0.304. The number of anilines is 1. The van der Waals surface area contributed by atoms with Gasteiger partial charge in [0.25, 0.3) is 0 Å². The maximum Gasteiger partial charge on any atom is 0.340 e. The standard InChI is InChI=1S/C23H23NO2/c1-2-26-23(25)20-15-9-10-16-21(20)24-22(19-13-7-4-8-14-19)17-18-11-5-3-6-12-18/h3-16,22,24H,2,17H2,1H3. The summed E-state index contributed by atoms with van der Waals surface area (Å²) in [6.45, 7) is 2.18. The van der Waals surface area contributed by atoms with Crippen molar-refractivity contribution in [2.75, 3.05) is 11.9 Å². The second-order valence-electron chi connectivity index (χ2n) is 6.06. The van der Waals surface area contributed by atoms with E-state index >= 15 is 0 Å². The summed E-state index contributed by atoms with van der Waals surface area (Å²) in [7, 11) is 0. The molecule has 0 amide bonds. The smallest absolute Gasteiger partial charge is 0.340 e. The van der Waals surface area contributed by atoms with E-state index in [0.29, 0.717) is 12.2 Å². The molecule has 0 spiro atoms. The van der Waals surface area contributed by atoms with Gasteiger partial charge in [-0.2, -0.15) is 0 Å². The SMILES string of the molecule is CCOC(=O)c1ccccc1NC(Cc1ccccc1)c1ccccc1. The molecule has 0 heterocycles. The second-order valence-corrected chi connectivity index (χ2v) is 6.06. The molecule has 3 rings (SSSR count). The zero-order valence-electron chi connectivity index (χ0n) is 14.9. The first-order valence-electron chi connectivity index (χ1n) is 8.89. The molecule has 0 bridgehead atoms. The average molecular weight is 345 g/mol. The summed E-state index contributed by atoms with van der Waals surface area (Å²) in [6.07, 6.45) is 0.821. The molecule has 1 atom stereocenters. The van der Waals surface area contributed by atoms with Crippen molar-refractivity contribution in [2.24, 2.45) is 0 Å². The Morgan fingerprint density at radius 2 is 1.50 bits per heavy atom. The van der Waals surface area contributed by atoms with Crippen LogP contribution in [-0.2, 0) is 11.2 Å². The molecule has 0 aromatic heterocycles. The Morgan fingerprint density at radius 3 is 2.19 bits per heavy atom. The van der Waals surface area contributed by atoms with Crippen molar-refractivity contribution in [3.63, 3.8) is 0 Å². The number of rotatable bonds is 7. The minimum Gasteiger partial charge on any atom is -0.462 e. The number of benzene rings is 3. The van der Waals surface area contributed by atoms with E-state index in [4.69, 9.17) is 4.74 Å². The summed E-state index contributed by atoms with van der Waals surface area (Å²) in [5.41, 5.74) is 3.76. The molecule has 1 N–H and O–H groups in total. The fourth-order valence-corrected chi connectivity index (χ4v) is 2.97. The van der Waals surface area contributed by atoms with E-state index in [1.165, 1.54) is 11.1 Å². The van der Waals surface area contributed by atoms with Gasteiger partial charge >= 0.3 is 5.97 Å². The van der Waals surface area contributed by atoms with Gasteiger partial charge in [-0.15, -0.1) is 0 Å². The van der Waals surface area contributed by atoms with Crippen molar-refractivity contribution in [2.45, 2.75) is 19.4 Å². The van der Waals surface area contributed by atoms with Gasteiger partial charge in [0.05, 0.1) is 18.2 Å². The van der Waals surface area contributed by atoms with Gasteiger partial charge < -0.3 is 10.1 Å². The van der Waals surface area contributed by atoms with Crippen LogP contribution in [0.25, 0.3) is 0 Å². The lowest BCUT2D eigenvalue weighted by molar-refractivity contribution is 0.0527. The van der Waals surface area contributed by atoms with Crippen molar-refractivity contribution in [1.29, 1.82) is 0 Å². The Labute approximate surface area is 154 Å². The van der Waals surface area contributed by atoms with Crippen LogP contribution in [0.4, 0.5) is 5.69 Å². The third-order valence-electron chi connectivity index (χ3n) is 4.24. The highest BCUT2D eigenvalue weighted by molar-refractivity contribution is 5.95. The van der Waals surface area contributed by atoms with E-state index in [1.54, 1.807) is 6.07 Å². The summed E-state index contributed by atoms with van der Waals surface area (Å²) in [4.78, 5) is 12.3. The van der Waals surface area contributed by atoms with E-state index in [2.05, 4.69) is 29.6 Å². The number of hydrogen-bond acceptors (Lipinski definition) is 3. The third-order valence-corrected chi connectivity index (χ3v) is 4.24. The van der Waals surface area contributed by atoms with Crippen LogP contribution in [0.5, 0.6) is 0 Å². The van der Waals surface area contributed by atoms with Crippen molar-refractivity contribution in [1.82, 2.24) is 0 Å². The number of esters is 1. The first kappa shape index (κ1) is 17.7. The molecule has 0 aliphatic carbocycles. The molecule has 132 valence electrons. The zero-order chi connectivity index (χ0) is 18.2. The Hall–Kier alpha value is -3.07. The summed E-state index contributed by atoms with van der Waals surface area (Å²) in [5, 5.41) is 3.55. The van der Waals surface area contributed by atoms with Gasteiger partial charge in [0.2, 0.25) is 0 Å². The fraction of sp³-hybridized carbons (Fsp3) is 0.174. The van der Waals surface area contributed by atoms with E-state index in [0.717, 1.165) is 12.1 Å². The first-order valence-corrected chi connectivity index (χ1v) is 8.89. The summed E-state index contributed by atoms with van der Waals surface area (Å²) in [6, 6.07) is 28.2. The lowest BCUT2D eigenvalue weighted by Crippen LogP contribution is -2.16. The second kappa shape index (κ2) is 8.86. The predicted molar refractivity (Wildman–Crippen MR) is 105 cm³/mol. The van der Waals surface area contributed by atoms with Crippen LogP contribution in [0.2, 0.25) is 0 Å². The number of carbonyl (C=O) groups excluding carboxylic acids is 1. The third kappa shape index (κ3) is 4.51. The fourth-order valence-electron chi connectivity index (χ4n) is 2.97. The van der Waals surface area contributed by atoms with E-state index in [1.807, 2.05) is 61.5 Å². The normalized spacial score (nSPS) is 11.6. The Bertz CT molecular complexity index is 831. The maximum absolute atomic E-state index is 12.3. The zero-order valence-corrected chi connectivity index (χ0v) is 14.9. The van der Waals surface area contributed by atoms with Crippen LogP contribution in [0.1, 0.15) is 34.5 Å². The van der Waals surface area contributed by atoms with Crippen molar-refractivity contribution in [3.8, 4) is 0 Å². The van der Waals surface area contributed by atoms with Crippen molar-refractivity contribution in [3.05, 3.63) is 102 Å². The van der Waals surface area contributed by atoms with Gasteiger partial charge in [-0.05, 0) is 36.6 Å². The van der Waals surface area contributed by atoms with Crippen molar-refractivity contribution < 1.29 is 9.53 Å². The molecule has 3 aromatic carbocycles.